The molecule has 0 atom stereocenters. The fraction of sp³-hybridized carbons (Fsp3) is 0.579. The van der Waals surface area contributed by atoms with Crippen LogP contribution in [0, 0.1) is 5.92 Å². The first kappa shape index (κ1) is 17.7. The van der Waals surface area contributed by atoms with Crippen molar-refractivity contribution in [3.63, 3.8) is 0 Å². The molecule has 0 saturated carbocycles. The summed E-state index contributed by atoms with van der Waals surface area (Å²) in [6.07, 6.45) is 2.50. The second kappa shape index (κ2) is 8.85. The van der Waals surface area contributed by atoms with E-state index in [4.69, 9.17) is 4.74 Å². The average Bonchev–Trinajstić information content (AvgIpc) is 2.68. The minimum absolute atomic E-state index is 0.226. The van der Waals surface area contributed by atoms with Gasteiger partial charge in [0.05, 0.1) is 0 Å². The molecule has 0 aromatic heterocycles. The van der Waals surface area contributed by atoms with E-state index in [-0.39, 0.29) is 18.6 Å². The number of piperazine rings is 1. The van der Waals surface area contributed by atoms with Crippen LogP contribution in [0.4, 0.5) is 4.79 Å². The molecule has 1 N–H and O–H groups in total. The molecule has 2 amide bonds. The number of piperidine rings is 1. The Labute approximate surface area is 149 Å². The van der Waals surface area contributed by atoms with Gasteiger partial charge in [-0.1, -0.05) is 30.3 Å². The molecule has 2 saturated heterocycles. The van der Waals surface area contributed by atoms with Crippen LogP contribution >= 0.6 is 0 Å². The Kier molecular flexibility index (Phi) is 6.28. The van der Waals surface area contributed by atoms with Gasteiger partial charge in [0.2, 0.25) is 5.91 Å². The van der Waals surface area contributed by atoms with Gasteiger partial charge in [0.1, 0.15) is 6.61 Å². The molecule has 1 aromatic carbocycles. The molecule has 2 heterocycles. The predicted molar refractivity (Wildman–Crippen MR) is 95.0 cm³/mol. The van der Waals surface area contributed by atoms with Gasteiger partial charge in [-0.25, -0.2) is 4.79 Å². The molecule has 6 heteroatoms. The van der Waals surface area contributed by atoms with Gasteiger partial charge < -0.3 is 19.9 Å². The molecule has 0 spiro atoms. The lowest BCUT2D eigenvalue weighted by molar-refractivity contribution is -0.134. The first-order valence-electron chi connectivity index (χ1n) is 9.16. The summed E-state index contributed by atoms with van der Waals surface area (Å²) < 4.78 is 5.36. The van der Waals surface area contributed by atoms with Crippen molar-refractivity contribution < 1.29 is 14.3 Å². The maximum atomic E-state index is 12.4. The van der Waals surface area contributed by atoms with E-state index in [1.807, 2.05) is 35.2 Å². The lowest BCUT2D eigenvalue weighted by Gasteiger charge is -2.35. The molecule has 6 nitrogen and oxygen atoms in total. The Morgan fingerprint density at radius 1 is 1.00 bits per heavy atom. The highest BCUT2D eigenvalue weighted by Gasteiger charge is 2.26. The van der Waals surface area contributed by atoms with Gasteiger partial charge in [0.15, 0.2) is 0 Å². The van der Waals surface area contributed by atoms with Crippen LogP contribution in [0.5, 0.6) is 0 Å². The number of benzene rings is 1. The van der Waals surface area contributed by atoms with Gasteiger partial charge in [0, 0.05) is 32.6 Å². The molecule has 0 unspecified atom stereocenters. The van der Waals surface area contributed by atoms with Crippen molar-refractivity contribution in [2.24, 2.45) is 5.92 Å². The highest BCUT2D eigenvalue weighted by molar-refractivity contribution is 5.77. The van der Waals surface area contributed by atoms with Crippen LogP contribution in [-0.2, 0) is 16.1 Å². The van der Waals surface area contributed by atoms with Gasteiger partial charge in [-0.05, 0) is 37.4 Å². The van der Waals surface area contributed by atoms with Crippen molar-refractivity contribution in [1.82, 2.24) is 15.1 Å². The minimum atomic E-state index is -0.297. The number of rotatable bonds is 4. The maximum Gasteiger partial charge on any atom is 0.410 e. The zero-order valence-electron chi connectivity index (χ0n) is 14.7. The van der Waals surface area contributed by atoms with E-state index in [0.29, 0.717) is 38.5 Å². The van der Waals surface area contributed by atoms with Crippen molar-refractivity contribution in [3.05, 3.63) is 35.9 Å². The molecular weight excluding hydrogens is 318 g/mol. The van der Waals surface area contributed by atoms with Crippen LogP contribution in [0.15, 0.2) is 30.3 Å². The Morgan fingerprint density at radius 3 is 2.32 bits per heavy atom. The zero-order chi connectivity index (χ0) is 17.5. The summed E-state index contributed by atoms with van der Waals surface area (Å²) in [7, 11) is 0. The van der Waals surface area contributed by atoms with Crippen molar-refractivity contribution in [1.29, 1.82) is 0 Å². The van der Waals surface area contributed by atoms with E-state index < -0.39 is 0 Å². The smallest absolute Gasteiger partial charge is 0.410 e. The number of hydrogen-bond donors (Lipinski definition) is 1. The number of nitrogens with zero attached hydrogens (tertiary/aromatic N) is 2. The summed E-state index contributed by atoms with van der Waals surface area (Å²) in [5.74, 6) is 0.729. The second-order valence-electron chi connectivity index (χ2n) is 6.81. The summed E-state index contributed by atoms with van der Waals surface area (Å²) in [6.45, 7) is 4.61. The maximum absolute atomic E-state index is 12.4. The highest BCUT2D eigenvalue weighted by atomic mass is 16.6. The number of carbonyl (C=O) groups excluding carboxylic acids is 2. The van der Waals surface area contributed by atoms with Crippen LogP contribution in [0.3, 0.4) is 0 Å². The van der Waals surface area contributed by atoms with Gasteiger partial charge in [-0.2, -0.15) is 0 Å². The SMILES string of the molecule is O=C(CC1CCNCC1)N1CCN(C(=O)OCc2ccccc2)CC1. The molecule has 0 aliphatic carbocycles. The molecule has 136 valence electrons. The highest BCUT2D eigenvalue weighted by Crippen LogP contribution is 2.18. The third kappa shape index (κ3) is 5.19. The third-order valence-corrected chi connectivity index (χ3v) is 5.02. The summed E-state index contributed by atoms with van der Waals surface area (Å²) in [5, 5.41) is 3.33. The van der Waals surface area contributed by atoms with Crippen molar-refractivity contribution in [3.8, 4) is 0 Å². The normalized spacial score (nSPS) is 18.9. The Hall–Kier alpha value is -2.08. The summed E-state index contributed by atoms with van der Waals surface area (Å²) >= 11 is 0. The largest absolute Gasteiger partial charge is 0.445 e. The van der Waals surface area contributed by atoms with E-state index >= 15 is 0 Å². The number of amides is 2. The monoisotopic (exact) mass is 345 g/mol. The summed E-state index contributed by atoms with van der Waals surface area (Å²) in [6, 6.07) is 9.66. The van der Waals surface area contributed by atoms with Gasteiger partial charge in [-0.3, -0.25) is 4.79 Å². The summed E-state index contributed by atoms with van der Waals surface area (Å²) in [5.41, 5.74) is 0.978. The average molecular weight is 345 g/mol. The van der Waals surface area contributed by atoms with E-state index in [9.17, 15) is 9.59 Å². The van der Waals surface area contributed by atoms with Crippen molar-refractivity contribution in [2.75, 3.05) is 39.3 Å². The lowest BCUT2D eigenvalue weighted by Crippen LogP contribution is -2.51. The molecule has 25 heavy (non-hydrogen) atoms. The topological polar surface area (TPSA) is 61.9 Å². The third-order valence-electron chi connectivity index (χ3n) is 5.02. The second-order valence-corrected chi connectivity index (χ2v) is 6.81. The zero-order valence-corrected chi connectivity index (χ0v) is 14.7. The predicted octanol–water partition coefficient (Wildman–Crippen LogP) is 1.86. The molecule has 3 rings (SSSR count). The Balaban J connectivity index is 1.38. The van der Waals surface area contributed by atoms with Crippen molar-refractivity contribution in [2.45, 2.75) is 25.9 Å². The fourth-order valence-electron chi connectivity index (χ4n) is 3.41. The van der Waals surface area contributed by atoms with Crippen LogP contribution < -0.4 is 5.32 Å². The Morgan fingerprint density at radius 2 is 1.64 bits per heavy atom. The number of carbonyl (C=O) groups is 2. The molecule has 2 fully saturated rings. The first-order chi connectivity index (χ1) is 12.2. The number of ether oxygens (including phenoxy) is 1. The van der Waals surface area contributed by atoms with Crippen LogP contribution in [0.2, 0.25) is 0 Å². The molecule has 1 aromatic rings. The first-order valence-corrected chi connectivity index (χ1v) is 9.16. The van der Waals surface area contributed by atoms with E-state index in [1.165, 1.54) is 0 Å². The lowest BCUT2D eigenvalue weighted by atomic mass is 9.94. The van der Waals surface area contributed by atoms with E-state index in [0.717, 1.165) is 31.5 Å². The van der Waals surface area contributed by atoms with Gasteiger partial charge in [0.25, 0.3) is 0 Å². The molecular formula is C19H27N3O3. The fourth-order valence-corrected chi connectivity index (χ4v) is 3.41. The van der Waals surface area contributed by atoms with Gasteiger partial charge in [-0.15, -0.1) is 0 Å². The molecule has 2 aliphatic rings. The van der Waals surface area contributed by atoms with Crippen LogP contribution in [0.25, 0.3) is 0 Å². The summed E-state index contributed by atoms with van der Waals surface area (Å²) in [4.78, 5) is 28.2. The quantitative estimate of drug-likeness (QED) is 0.905. The minimum Gasteiger partial charge on any atom is -0.445 e. The molecule has 0 radical (unpaired) electrons. The van der Waals surface area contributed by atoms with Gasteiger partial charge >= 0.3 is 6.09 Å². The van der Waals surface area contributed by atoms with Crippen LogP contribution in [0.1, 0.15) is 24.8 Å². The van der Waals surface area contributed by atoms with Crippen LogP contribution in [-0.4, -0.2) is 61.1 Å². The number of nitrogens with one attached hydrogen (secondary N) is 1. The molecule has 2 aliphatic heterocycles. The molecule has 0 bridgehead atoms. The standard InChI is InChI=1S/C19H27N3O3/c23-18(14-16-6-8-20-9-7-16)21-10-12-22(13-11-21)19(24)25-15-17-4-2-1-3-5-17/h1-5,16,20H,6-15H2. The number of hydrogen-bond acceptors (Lipinski definition) is 4. The van der Waals surface area contributed by atoms with E-state index in [2.05, 4.69) is 5.32 Å². The van der Waals surface area contributed by atoms with Crippen molar-refractivity contribution >= 4 is 12.0 Å². The Bertz CT molecular complexity index is 565. The van der Waals surface area contributed by atoms with E-state index in [1.54, 1.807) is 4.90 Å².